The molecule has 0 aromatic heterocycles. The molecule has 7 nitrogen and oxygen atoms in total. The number of hydrogen-bond donors (Lipinski definition) is 0. The molecule has 0 spiro atoms. The highest BCUT2D eigenvalue weighted by Crippen LogP contribution is 2.42. The van der Waals surface area contributed by atoms with E-state index in [4.69, 9.17) is 30.0 Å². The first-order valence-electron chi connectivity index (χ1n) is 14.4. The third-order valence-corrected chi connectivity index (χ3v) is 27.0. The molecule has 1 heterocycles. The van der Waals surface area contributed by atoms with Crippen molar-refractivity contribution < 1.29 is 30.0 Å². The van der Waals surface area contributed by atoms with E-state index < -0.39 is 51.6 Å². The largest absolute Gasteiger partial charge is 0.437 e. The van der Waals surface area contributed by atoms with Crippen LogP contribution in [0.2, 0.25) is 83.6 Å². The van der Waals surface area contributed by atoms with Gasteiger partial charge in [-0.25, -0.2) is 0 Å². The summed E-state index contributed by atoms with van der Waals surface area (Å²) in [5, 5.41) is 0. The number of hydrogen-bond acceptors (Lipinski definition) is 7. The lowest BCUT2D eigenvalue weighted by atomic mass is 9.88. The Balaban J connectivity index is 2.24. The molecule has 1 saturated carbocycles. The van der Waals surface area contributed by atoms with Gasteiger partial charge >= 0.3 is 35.0 Å². The van der Waals surface area contributed by atoms with Crippen LogP contribution in [0.1, 0.15) is 39.5 Å². The van der Waals surface area contributed by atoms with Crippen molar-refractivity contribution in [2.24, 2.45) is 5.92 Å². The van der Waals surface area contributed by atoms with E-state index in [1.807, 2.05) is 13.8 Å². The van der Waals surface area contributed by atoms with Crippen LogP contribution in [-0.4, -0.2) is 77.0 Å². The van der Waals surface area contributed by atoms with Crippen molar-refractivity contribution in [1.29, 1.82) is 0 Å². The fourth-order valence-corrected chi connectivity index (χ4v) is 32.4. The average molecular weight is 626 g/mol. The van der Waals surface area contributed by atoms with Gasteiger partial charge < -0.3 is 30.0 Å². The van der Waals surface area contributed by atoms with Crippen LogP contribution in [-0.2, 0) is 30.0 Å². The zero-order valence-corrected chi connectivity index (χ0v) is 32.0. The van der Waals surface area contributed by atoms with Gasteiger partial charge in [0.1, 0.15) is 0 Å². The van der Waals surface area contributed by atoms with Gasteiger partial charge in [0.15, 0.2) is 16.6 Å². The monoisotopic (exact) mass is 625 g/mol. The summed E-state index contributed by atoms with van der Waals surface area (Å²) in [6, 6.07) is 2.72. The lowest BCUT2D eigenvalue weighted by molar-refractivity contribution is 0.213. The van der Waals surface area contributed by atoms with Crippen molar-refractivity contribution >= 4 is 51.6 Å². The molecule has 1 aliphatic heterocycles. The van der Waals surface area contributed by atoms with Gasteiger partial charge in [0, 0.05) is 13.2 Å². The summed E-state index contributed by atoms with van der Waals surface area (Å²) in [6.45, 7) is 27.9. The Morgan fingerprint density at radius 1 is 0.676 bits per heavy atom. The Labute approximate surface area is 235 Å². The summed E-state index contributed by atoms with van der Waals surface area (Å²) >= 11 is 0. The summed E-state index contributed by atoms with van der Waals surface area (Å²) < 4.78 is 45.8. The van der Waals surface area contributed by atoms with Crippen molar-refractivity contribution in [1.82, 2.24) is 0 Å². The van der Waals surface area contributed by atoms with Crippen LogP contribution in [0.15, 0.2) is 0 Å². The molecule has 5 unspecified atom stereocenters. The molecule has 5 atom stereocenters. The van der Waals surface area contributed by atoms with Gasteiger partial charge in [-0.05, 0) is 129 Å². The van der Waals surface area contributed by atoms with Crippen LogP contribution in [0.4, 0.5) is 0 Å². The van der Waals surface area contributed by atoms with E-state index in [2.05, 4.69) is 65.5 Å². The van der Waals surface area contributed by atoms with Crippen LogP contribution in [0.3, 0.4) is 0 Å². The summed E-state index contributed by atoms with van der Waals surface area (Å²) in [4.78, 5) is 0. The molecule has 1 radical (unpaired) electrons. The minimum Gasteiger partial charge on any atom is -0.437 e. The highest BCUT2D eigenvalue weighted by molar-refractivity contribution is 6.91. The molecule has 2 fully saturated rings. The maximum absolute atomic E-state index is 7.30. The Hall–Kier alpha value is 1.02. The highest BCUT2D eigenvalue weighted by Gasteiger charge is 2.50. The second kappa shape index (κ2) is 13.8. The van der Waals surface area contributed by atoms with Gasteiger partial charge in [-0.1, -0.05) is 0 Å². The van der Waals surface area contributed by atoms with Gasteiger partial charge in [0.05, 0.1) is 12.2 Å². The van der Waals surface area contributed by atoms with E-state index in [9.17, 15) is 0 Å². The fourth-order valence-electron chi connectivity index (χ4n) is 5.68. The summed E-state index contributed by atoms with van der Waals surface area (Å²) in [5.74, 6) is 0.696. The molecule has 0 N–H and O–H groups in total. The van der Waals surface area contributed by atoms with E-state index in [1.165, 1.54) is 19.3 Å². The smallest absolute Gasteiger partial charge is 0.384 e. The van der Waals surface area contributed by atoms with Crippen LogP contribution >= 0.6 is 0 Å². The lowest BCUT2D eigenvalue weighted by Gasteiger charge is -2.44. The molecule has 219 valence electrons. The van der Waals surface area contributed by atoms with Crippen molar-refractivity contribution in [2.45, 2.75) is 135 Å². The molecular weight excluding hydrogens is 569 g/mol. The third kappa shape index (κ3) is 13.5. The van der Waals surface area contributed by atoms with Crippen molar-refractivity contribution in [3.8, 4) is 0 Å². The average Bonchev–Trinajstić information content (AvgIpc) is 3.46. The molecule has 0 bridgehead atoms. The highest BCUT2D eigenvalue weighted by atomic mass is 28.5. The van der Waals surface area contributed by atoms with Crippen LogP contribution in [0.5, 0.6) is 0 Å². The maximum Gasteiger partial charge on any atom is 0.384 e. The molecule has 0 aromatic carbocycles. The predicted octanol–water partition coefficient (Wildman–Crippen LogP) is 7.09. The van der Waals surface area contributed by atoms with Crippen LogP contribution in [0, 0.1) is 5.92 Å². The first-order valence-corrected chi connectivity index (χ1v) is 30.6. The normalized spacial score (nSPS) is 26.0. The zero-order valence-electron chi connectivity index (χ0n) is 26.0. The van der Waals surface area contributed by atoms with Gasteiger partial charge in [-0.15, -0.1) is 0 Å². The van der Waals surface area contributed by atoms with Gasteiger partial charge in [0.25, 0.3) is 0 Å². The molecule has 0 aromatic rings. The van der Waals surface area contributed by atoms with Crippen molar-refractivity contribution in [2.75, 3.05) is 13.2 Å². The number of ether oxygens (including phenoxy) is 1. The first-order chi connectivity index (χ1) is 16.9. The zero-order chi connectivity index (χ0) is 28.1. The minimum atomic E-state index is -2.61. The van der Waals surface area contributed by atoms with E-state index in [0.29, 0.717) is 31.3 Å². The van der Waals surface area contributed by atoms with E-state index in [1.54, 1.807) is 0 Å². The SMILES string of the molecule is CCO[Si](CC[Si](C)(O[Si](C)(C)C)O[Si](C)(CCC1CCC2OC2C1)O[Si](C)(C)O[Si](C)(C)C)OCC. The Kier molecular flexibility index (Phi) is 12.8. The quantitative estimate of drug-likeness (QED) is 0.119. The molecule has 2 rings (SSSR count). The Bertz CT molecular complexity index is 698. The van der Waals surface area contributed by atoms with E-state index in [-0.39, 0.29) is 0 Å². The third-order valence-electron chi connectivity index (χ3n) is 6.48. The first kappa shape index (κ1) is 34.2. The van der Waals surface area contributed by atoms with Crippen LogP contribution in [0.25, 0.3) is 0 Å². The molecular formula is C24H57O7Si6. The summed E-state index contributed by atoms with van der Waals surface area (Å²) in [7, 11) is -12.5. The molecule has 13 heteroatoms. The maximum atomic E-state index is 7.30. The Morgan fingerprint density at radius 3 is 1.76 bits per heavy atom. The van der Waals surface area contributed by atoms with E-state index >= 15 is 0 Å². The molecule has 0 amide bonds. The van der Waals surface area contributed by atoms with Gasteiger partial charge in [-0.2, -0.15) is 0 Å². The number of rotatable bonds is 18. The number of epoxide rings is 1. The summed E-state index contributed by atoms with van der Waals surface area (Å²) in [5.41, 5.74) is 0. The van der Waals surface area contributed by atoms with Gasteiger partial charge in [0.2, 0.25) is 0 Å². The predicted molar refractivity (Wildman–Crippen MR) is 166 cm³/mol. The molecule has 1 aliphatic carbocycles. The van der Waals surface area contributed by atoms with Crippen molar-refractivity contribution in [3.63, 3.8) is 0 Å². The van der Waals surface area contributed by atoms with E-state index in [0.717, 1.165) is 24.6 Å². The Morgan fingerprint density at radius 2 is 1.24 bits per heavy atom. The topological polar surface area (TPSA) is 67.9 Å². The van der Waals surface area contributed by atoms with Crippen molar-refractivity contribution in [3.05, 3.63) is 0 Å². The standard InChI is InChI=1S/C24H57O7Si6/c1-13-25-32(26-14-2)18-20-37(12,29-34(6,7)8)31-36(11,30-35(9,10)28-33(3,4)5)19-17-22-15-16-23-24(21-22)27-23/h22-24H,13-21H2,1-12H3. The number of fused-ring (bicyclic) bond motifs is 1. The second-order valence-electron chi connectivity index (χ2n) is 13.5. The summed E-state index contributed by atoms with van der Waals surface area (Å²) in [6.07, 6.45) is 5.83. The second-order valence-corrected chi connectivity index (χ2v) is 35.3. The molecule has 2 aliphatic rings. The lowest BCUT2D eigenvalue weighted by Crippen LogP contribution is -2.60. The fraction of sp³-hybridized carbons (Fsp3) is 1.00. The van der Waals surface area contributed by atoms with Crippen LogP contribution < -0.4 is 0 Å². The van der Waals surface area contributed by atoms with Gasteiger partial charge in [-0.3, -0.25) is 0 Å². The molecule has 1 saturated heterocycles. The molecule has 37 heavy (non-hydrogen) atoms. The minimum absolute atomic E-state index is 0.502.